The molecule has 0 unspecified atom stereocenters. The van der Waals surface area contributed by atoms with Crippen molar-refractivity contribution in [2.24, 2.45) is 0 Å². The van der Waals surface area contributed by atoms with Crippen molar-refractivity contribution in [3.8, 4) is 0 Å². The second-order valence-electron chi connectivity index (χ2n) is 2.21. The van der Waals surface area contributed by atoms with E-state index in [-0.39, 0.29) is 0 Å². The largest absolute Gasteiger partial charge is 0.308 e. The molecule has 0 saturated carbocycles. The van der Waals surface area contributed by atoms with Crippen molar-refractivity contribution >= 4 is 22.1 Å². The Morgan fingerprint density at radius 2 is 2.10 bits per heavy atom. The fourth-order valence-corrected chi connectivity index (χ4v) is 1.47. The summed E-state index contributed by atoms with van der Waals surface area (Å²) < 4.78 is 1.03. The van der Waals surface area contributed by atoms with Gasteiger partial charge < -0.3 is 5.41 Å². The van der Waals surface area contributed by atoms with Gasteiger partial charge in [0, 0.05) is 10.7 Å². The summed E-state index contributed by atoms with van der Waals surface area (Å²) in [6.07, 6.45) is 1.34. The number of nitrogens with one attached hydrogen (secondary N) is 1. The van der Waals surface area contributed by atoms with Crippen molar-refractivity contribution in [1.29, 1.82) is 5.41 Å². The zero-order valence-corrected chi connectivity index (χ0v) is 7.27. The fourth-order valence-electron chi connectivity index (χ4n) is 0.848. The van der Waals surface area contributed by atoms with Crippen LogP contribution in [0, 0.1) is 12.3 Å². The molecule has 0 fully saturated rings. The summed E-state index contributed by atoms with van der Waals surface area (Å²) in [5.74, 6) is 0. The number of hydrogen-bond donors (Lipinski definition) is 1. The molecule has 0 aliphatic heterocycles. The van der Waals surface area contributed by atoms with Gasteiger partial charge in [-0.2, -0.15) is 0 Å². The Labute approximate surface area is 68.7 Å². The minimum Gasteiger partial charge on any atom is -0.308 e. The fraction of sp³-hybridized carbons (Fsp3) is 0.125. The van der Waals surface area contributed by atoms with Crippen molar-refractivity contribution in [2.75, 3.05) is 0 Å². The van der Waals surface area contributed by atoms with E-state index in [1.807, 2.05) is 25.1 Å². The van der Waals surface area contributed by atoms with Crippen LogP contribution in [0.1, 0.15) is 11.1 Å². The Kier molecular flexibility index (Phi) is 2.22. The number of aryl methyl sites for hydroxylation is 1. The van der Waals surface area contributed by atoms with Crippen LogP contribution < -0.4 is 0 Å². The van der Waals surface area contributed by atoms with E-state index in [4.69, 9.17) is 5.41 Å². The van der Waals surface area contributed by atoms with E-state index in [0.29, 0.717) is 0 Å². The van der Waals surface area contributed by atoms with Gasteiger partial charge in [0.2, 0.25) is 0 Å². The average molecular weight is 198 g/mol. The molecule has 1 rings (SSSR count). The van der Waals surface area contributed by atoms with Crippen LogP contribution in [0.25, 0.3) is 0 Å². The SMILES string of the molecule is Cc1cc(Br)cc(C=N)c1. The summed E-state index contributed by atoms with van der Waals surface area (Å²) in [7, 11) is 0. The summed E-state index contributed by atoms with van der Waals surface area (Å²) >= 11 is 3.35. The van der Waals surface area contributed by atoms with E-state index in [9.17, 15) is 0 Å². The standard InChI is InChI=1S/C8H8BrN/c1-6-2-7(5-10)4-8(9)3-6/h2-5,10H,1H3. The molecule has 1 N–H and O–H groups in total. The Morgan fingerprint density at radius 1 is 1.40 bits per heavy atom. The molecule has 1 aromatic carbocycles. The topological polar surface area (TPSA) is 23.9 Å². The highest BCUT2D eigenvalue weighted by molar-refractivity contribution is 9.10. The van der Waals surface area contributed by atoms with Crippen molar-refractivity contribution in [3.63, 3.8) is 0 Å². The van der Waals surface area contributed by atoms with Gasteiger partial charge in [-0.1, -0.05) is 22.0 Å². The molecule has 0 bridgehead atoms. The van der Waals surface area contributed by atoms with E-state index >= 15 is 0 Å². The van der Waals surface area contributed by atoms with Gasteiger partial charge in [-0.3, -0.25) is 0 Å². The lowest BCUT2D eigenvalue weighted by atomic mass is 10.2. The molecule has 0 heterocycles. The molecule has 0 saturated heterocycles. The molecule has 1 aromatic rings. The quantitative estimate of drug-likeness (QED) is 0.671. The van der Waals surface area contributed by atoms with E-state index in [1.54, 1.807) is 0 Å². The zero-order chi connectivity index (χ0) is 7.56. The molecule has 0 amide bonds. The molecule has 0 aliphatic carbocycles. The lowest BCUT2D eigenvalue weighted by Crippen LogP contribution is -1.80. The molecule has 0 aromatic heterocycles. The van der Waals surface area contributed by atoms with Gasteiger partial charge in [0.15, 0.2) is 0 Å². The summed E-state index contributed by atoms with van der Waals surface area (Å²) in [6, 6.07) is 5.91. The van der Waals surface area contributed by atoms with Gasteiger partial charge in [0.05, 0.1) is 0 Å². The molecule has 2 heteroatoms. The summed E-state index contributed by atoms with van der Waals surface area (Å²) in [4.78, 5) is 0. The Morgan fingerprint density at radius 3 is 2.60 bits per heavy atom. The molecule has 0 atom stereocenters. The zero-order valence-electron chi connectivity index (χ0n) is 5.69. The molecule has 0 radical (unpaired) electrons. The third kappa shape index (κ3) is 1.67. The summed E-state index contributed by atoms with van der Waals surface area (Å²) in [5.41, 5.74) is 2.11. The maximum Gasteiger partial charge on any atom is 0.0250 e. The van der Waals surface area contributed by atoms with Gasteiger partial charge >= 0.3 is 0 Å². The Hall–Kier alpha value is -0.630. The number of benzene rings is 1. The van der Waals surface area contributed by atoms with Crippen molar-refractivity contribution in [1.82, 2.24) is 0 Å². The molecular formula is C8H8BrN. The average Bonchev–Trinajstić information content (AvgIpc) is 1.85. The monoisotopic (exact) mass is 197 g/mol. The highest BCUT2D eigenvalue weighted by atomic mass is 79.9. The van der Waals surface area contributed by atoms with E-state index in [0.717, 1.165) is 10.0 Å². The second-order valence-corrected chi connectivity index (χ2v) is 3.12. The van der Waals surface area contributed by atoms with Crippen LogP contribution in [-0.2, 0) is 0 Å². The lowest BCUT2D eigenvalue weighted by Gasteiger charge is -1.96. The highest BCUT2D eigenvalue weighted by Gasteiger charge is 1.91. The first kappa shape index (κ1) is 7.48. The predicted molar refractivity (Wildman–Crippen MR) is 46.8 cm³/mol. The Bertz CT molecular complexity index is 235. The van der Waals surface area contributed by atoms with Crippen molar-refractivity contribution < 1.29 is 0 Å². The minimum absolute atomic E-state index is 0.937. The van der Waals surface area contributed by atoms with Crippen molar-refractivity contribution in [3.05, 3.63) is 33.8 Å². The Balaban J connectivity index is 3.18. The van der Waals surface area contributed by atoms with Gasteiger partial charge in [0.1, 0.15) is 0 Å². The molecule has 0 aliphatic rings. The van der Waals surface area contributed by atoms with Crippen LogP contribution in [0.15, 0.2) is 22.7 Å². The molecule has 10 heavy (non-hydrogen) atoms. The van der Waals surface area contributed by atoms with Gasteiger partial charge in [-0.15, -0.1) is 0 Å². The van der Waals surface area contributed by atoms with Crippen LogP contribution in [0.5, 0.6) is 0 Å². The number of hydrogen-bond acceptors (Lipinski definition) is 1. The lowest BCUT2D eigenvalue weighted by molar-refractivity contribution is 1.43. The molecular weight excluding hydrogens is 190 g/mol. The van der Waals surface area contributed by atoms with Gasteiger partial charge in [-0.05, 0) is 30.2 Å². The summed E-state index contributed by atoms with van der Waals surface area (Å²) in [6.45, 7) is 2.01. The third-order valence-corrected chi connectivity index (χ3v) is 1.69. The second kappa shape index (κ2) is 2.97. The highest BCUT2D eigenvalue weighted by Crippen LogP contribution is 2.13. The number of rotatable bonds is 1. The van der Waals surface area contributed by atoms with Crippen molar-refractivity contribution in [2.45, 2.75) is 6.92 Å². The summed E-state index contributed by atoms with van der Waals surface area (Å²) in [5, 5.41) is 6.99. The van der Waals surface area contributed by atoms with Crippen LogP contribution >= 0.6 is 15.9 Å². The van der Waals surface area contributed by atoms with Gasteiger partial charge in [-0.25, -0.2) is 0 Å². The maximum absolute atomic E-state index is 6.99. The number of halogens is 1. The first-order valence-corrected chi connectivity index (χ1v) is 3.79. The minimum atomic E-state index is 0.937. The normalized spacial score (nSPS) is 9.40. The maximum atomic E-state index is 6.99. The smallest absolute Gasteiger partial charge is 0.0250 e. The first-order valence-electron chi connectivity index (χ1n) is 3.00. The predicted octanol–water partition coefficient (Wildman–Crippen LogP) is 2.76. The molecule has 52 valence electrons. The first-order chi connectivity index (χ1) is 4.72. The molecule has 0 spiro atoms. The van der Waals surface area contributed by atoms with Gasteiger partial charge in [0.25, 0.3) is 0 Å². The van der Waals surface area contributed by atoms with Crippen LogP contribution in [-0.4, -0.2) is 6.21 Å². The van der Waals surface area contributed by atoms with Crippen LogP contribution in [0.2, 0.25) is 0 Å². The van der Waals surface area contributed by atoms with Crippen LogP contribution in [0.4, 0.5) is 0 Å². The van der Waals surface area contributed by atoms with E-state index in [2.05, 4.69) is 15.9 Å². The van der Waals surface area contributed by atoms with E-state index in [1.165, 1.54) is 11.8 Å². The van der Waals surface area contributed by atoms with Crippen LogP contribution in [0.3, 0.4) is 0 Å². The molecule has 1 nitrogen and oxygen atoms in total. The third-order valence-electron chi connectivity index (χ3n) is 1.23. The van der Waals surface area contributed by atoms with E-state index < -0.39 is 0 Å².